The largest absolute Gasteiger partial charge is 0.390 e. The molecule has 0 unspecified atom stereocenters. The van der Waals surface area contributed by atoms with Crippen LogP contribution in [0.15, 0.2) is 24.3 Å². The number of fused-ring (bicyclic) bond motifs is 1. The maximum absolute atomic E-state index is 9.36. The Balaban J connectivity index is 2.47. The summed E-state index contributed by atoms with van der Waals surface area (Å²) in [5.41, 5.74) is 7.82. The highest BCUT2D eigenvalue weighted by Crippen LogP contribution is 2.27. The van der Waals surface area contributed by atoms with E-state index < -0.39 is 6.10 Å². The van der Waals surface area contributed by atoms with Crippen molar-refractivity contribution in [3.05, 3.63) is 41.4 Å². The topological polar surface area (TPSA) is 46.2 Å². The Bertz CT molecular complexity index is 272. The van der Waals surface area contributed by atoms with E-state index in [0.29, 0.717) is 12.5 Å². The van der Waals surface area contributed by atoms with Crippen molar-refractivity contribution >= 4 is 0 Å². The maximum atomic E-state index is 9.36. The summed E-state index contributed by atoms with van der Waals surface area (Å²) in [7, 11) is 0. The minimum Gasteiger partial charge on any atom is -0.390 e. The summed E-state index contributed by atoms with van der Waals surface area (Å²) in [5.74, 6) is 0. The third kappa shape index (κ3) is 0.951. The average molecular weight is 148 g/mol. The number of rotatable bonds is 0. The predicted molar refractivity (Wildman–Crippen MR) is 42.7 cm³/mol. The molecule has 1 aliphatic rings. The highest BCUT2D eigenvalue weighted by atomic mass is 16.3. The first-order chi connectivity index (χ1) is 5.29. The fourth-order valence-corrected chi connectivity index (χ4v) is 1.48. The Morgan fingerprint density at radius 2 is 2.09 bits per heavy atom. The van der Waals surface area contributed by atoms with Crippen molar-refractivity contribution in [1.82, 2.24) is 0 Å². The van der Waals surface area contributed by atoms with Crippen molar-refractivity contribution in [2.45, 2.75) is 12.5 Å². The molecule has 1 atom stereocenters. The predicted octanol–water partition coefficient (Wildman–Crippen LogP) is 0.442. The normalized spacial score (nSPS) is 23.6. The highest BCUT2D eigenvalue weighted by Gasteiger charge is 2.27. The van der Waals surface area contributed by atoms with Gasteiger partial charge in [0, 0.05) is 6.42 Å². The van der Waals surface area contributed by atoms with E-state index in [4.69, 9.17) is 5.73 Å². The third-order valence-electron chi connectivity index (χ3n) is 2.10. The van der Waals surface area contributed by atoms with E-state index in [9.17, 15) is 5.11 Å². The smallest absolute Gasteiger partial charge is 0.0929 e. The number of hydrogen-bond donors (Lipinski definition) is 2. The van der Waals surface area contributed by atoms with Crippen molar-refractivity contribution < 1.29 is 5.11 Å². The Hall–Kier alpha value is -0.860. The van der Waals surface area contributed by atoms with Crippen LogP contribution >= 0.6 is 0 Å². The lowest BCUT2D eigenvalue weighted by Gasteiger charge is -2.06. The number of nitrogens with two attached hydrogens (primary N) is 1. The van der Waals surface area contributed by atoms with Gasteiger partial charge in [-0.05, 0) is 11.1 Å². The molecular formula is C9H10NO. The molecule has 2 rings (SSSR count). The fourth-order valence-electron chi connectivity index (χ4n) is 1.48. The second-order valence-corrected chi connectivity index (χ2v) is 2.83. The monoisotopic (exact) mass is 148 g/mol. The lowest BCUT2D eigenvalue weighted by atomic mass is 10.1. The van der Waals surface area contributed by atoms with Crippen LogP contribution in [0.3, 0.4) is 0 Å². The molecule has 0 aliphatic heterocycles. The molecular weight excluding hydrogens is 138 g/mol. The van der Waals surface area contributed by atoms with E-state index in [-0.39, 0.29) is 0 Å². The molecule has 0 aromatic heterocycles. The summed E-state index contributed by atoms with van der Waals surface area (Å²) in [6.45, 7) is 0. The lowest BCUT2D eigenvalue weighted by molar-refractivity contribution is 0.201. The molecule has 0 spiro atoms. The van der Waals surface area contributed by atoms with Gasteiger partial charge in [0.2, 0.25) is 0 Å². The second-order valence-electron chi connectivity index (χ2n) is 2.83. The number of benzene rings is 1. The molecule has 1 aliphatic carbocycles. The van der Waals surface area contributed by atoms with Crippen LogP contribution in [0.5, 0.6) is 0 Å². The minimum atomic E-state index is -0.465. The third-order valence-corrected chi connectivity index (χ3v) is 2.10. The van der Waals surface area contributed by atoms with Crippen LogP contribution in [0.4, 0.5) is 0 Å². The zero-order chi connectivity index (χ0) is 7.84. The molecule has 0 fully saturated rings. The van der Waals surface area contributed by atoms with Crippen LogP contribution in [-0.2, 0) is 6.42 Å². The van der Waals surface area contributed by atoms with E-state index in [1.54, 1.807) is 0 Å². The Morgan fingerprint density at radius 3 is 2.82 bits per heavy atom. The standard InChI is InChI=1S/C9H10NO/c10-9-7-4-2-1-3-6(7)5-8(9)11/h1-4,8,11H,5,10H2/t8-/m1/s1. The SMILES string of the molecule is N[C]1c2ccccc2C[C@H]1O. The Labute approximate surface area is 65.7 Å². The van der Waals surface area contributed by atoms with Crippen LogP contribution in [0.25, 0.3) is 0 Å². The van der Waals surface area contributed by atoms with Crippen LogP contribution < -0.4 is 5.73 Å². The second kappa shape index (κ2) is 2.32. The fraction of sp³-hybridized carbons (Fsp3) is 0.222. The van der Waals surface area contributed by atoms with Gasteiger partial charge >= 0.3 is 0 Å². The molecule has 0 saturated heterocycles. The van der Waals surface area contributed by atoms with Gasteiger partial charge in [-0.2, -0.15) is 0 Å². The summed E-state index contributed by atoms with van der Waals surface area (Å²) in [6, 6.07) is 8.45. The molecule has 0 amide bonds. The van der Waals surface area contributed by atoms with E-state index in [0.717, 1.165) is 11.1 Å². The van der Waals surface area contributed by atoms with Crippen LogP contribution in [0.1, 0.15) is 11.1 Å². The average Bonchev–Trinajstić information content (AvgIpc) is 2.30. The lowest BCUT2D eigenvalue weighted by Crippen LogP contribution is -2.22. The molecule has 3 N–H and O–H groups in total. The molecule has 0 saturated carbocycles. The first kappa shape index (κ1) is 6.83. The van der Waals surface area contributed by atoms with E-state index in [1.807, 2.05) is 24.3 Å². The highest BCUT2D eigenvalue weighted by molar-refractivity contribution is 5.44. The van der Waals surface area contributed by atoms with Crippen LogP contribution in [0, 0.1) is 6.04 Å². The van der Waals surface area contributed by atoms with Gasteiger partial charge < -0.3 is 10.8 Å². The molecule has 2 heteroatoms. The van der Waals surface area contributed by atoms with Gasteiger partial charge in [0.15, 0.2) is 0 Å². The van der Waals surface area contributed by atoms with E-state index in [2.05, 4.69) is 0 Å². The summed E-state index contributed by atoms with van der Waals surface area (Å²) < 4.78 is 0. The van der Waals surface area contributed by atoms with Crippen LogP contribution in [-0.4, -0.2) is 11.2 Å². The van der Waals surface area contributed by atoms with Gasteiger partial charge in [-0.15, -0.1) is 0 Å². The molecule has 11 heavy (non-hydrogen) atoms. The first-order valence-corrected chi connectivity index (χ1v) is 3.67. The Kier molecular flexibility index (Phi) is 1.44. The molecule has 0 heterocycles. The summed E-state index contributed by atoms with van der Waals surface area (Å²) in [4.78, 5) is 0. The van der Waals surface area contributed by atoms with E-state index >= 15 is 0 Å². The Morgan fingerprint density at radius 1 is 1.36 bits per heavy atom. The molecule has 1 aromatic rings. The zero-order valence-electron chi connectivity index (χ0n) is 6.12. The van der Waals surface area contributed by atoms with Gasteiger partial charge in [0.25, 0.3) is 0 Å². The van der Waals surface area contributed by atoms with Gasteiger partial charge in [-0.1, -0.05) is 24.3 Å². The summed E-state index contributed by atoms with van der Waals surface area (Å²) in [5, 5.41) is 9.36. The minimum absolute atomic E-state index is 0.465. The van der Waals surface area contributed by atoms with Crippen molar-refractivity contribution in [3.63, 3.8) is 0 Å². The van der Waals surface area contributed by atoms with Gasteiger partial charge in [-0.25, -0.2) is 0 Å². The molecule has 1 radical (unpaired) electrons. The number of aliphatic hydroxyl groups excluding tert-OH is 1. The van der Waals surface area contributed by atoms with Gasteiger partial charge in [0.05, 0.1) is 12.1 Å². The van der Waals surface area contributed by atoms with Gasteiger partial charge in [0.1, 0.15) is 0 Å². The summed E-state index contributed by atoms with van der Waals surface area (Å²) in [6.07, 6.45) is 0.203. The van der Waals surface area contributed by atoms with E-state index in [1.165, 1.54) is 0 Å². The van der Waals surface area contributed by atoms with Crippen molar-refractivity contribution in [2.24, 2.45) is 5.73 Å². The zero-order valence-corrected chi connectivity index (χ0v) is 6.12. The number of hydrogen-bond acceptors (Lipinski definition) is 2. The molecule has 0 bridgehead atoms. The quantitative estimate of drug-likeness (QED) is 0.561. The van der Waals surface area contributed by atoms with Gasteiger partial charge in [-0.3, -0.25) is 0 Å². The van der Waals surface area contributed by atoms with Crippen LogP contribution in [0.2, 0.25) is 0 Å². The number of aliphatic hydroxyl groups is 1. The van der Waals surface area contributed by atoms with Crippen molar-refractivity contribution in [2.75, 3.05) is 0 Å². The maximum Gasteiger partial charge on any atom is 0.0929 e. The molecule has 2 nitrogen and oxygen atoms in total. The molecule has 1 aromatic carbocycles. The van der Waals surface area contributed by atoms with Crippen molar-refractivity contribution in [1.29, 1.82) is 0 Å². The summed E-state index contributed by atoms with van der Waals surface area (Å²) >= 11 is 0. The molecule has 57 valence electrons. The first-order valence-electron chi connectivity index (χ1n) is 3.67. The van der Waals surface area contributed by atoms with Crippen molar-refractivity contribution in [3.8, 4) is 0 Å².